The second-order valence-corrected chi connectivity index (χ2v) is 6.08. The Morgan fingerprint density at radius 3 is 2.06 bits per heavy atom. The molecule has 0 saturated heterocycles. The number of rotatable bonds is 6. The van der Waals surface area contributed by atoms with E-state index in [1.54, 1.807) is 0 Å². The molecule has 2 N–H and O–H groups in total. The molecule has 0 aromatic carbocycles. The van der Waals surface area contributed by atoms with Crippen LogP contribution in [-0.4, -0.2) is 55.6 Å². The van der Waals surface area contributed by atoms with Crippen LogP contribution in [-0.2, 0) is 0 Å². The summed E-state index contributed by atoms with van der Waals surface area (Å²) in [6.45, 7) is 6.56. The van der Waals surface area contributed by atoms with Crippen LogP contribution in [0.3, 0.4) is 0 Å². The Kier molecular flexibility index (Phi) is 4.77. The summed E-state index contributed by atoms with van der Waals surface area (Å²) in [6.07, 6.45) is 4.05. The molecule has 0 aromatic heterocycles. The Balaban J connectivity index is 2.41. The predicted molar refractivity (Wildman–Crippen MR) is 70.6 cm³/mol. The molecule has 0 amide bonds. The Morgan fingerprint density at radius 1 is 1.19 bits per heavy atom. The second kappa shape index (κ2) is 5.48. The summed E-state index contributed by atoms with van der Waals surface area (Å²) in [5, 5.41) is 0. The van der Waals surface area contributed by atoms with Gasteiger partial charge in [-0.05, 0) is 46.3 Å². The van der Waals surface area contributed by atoms with Gasteiger partial charge in [0.25, 0.3) is 0 Å². The van der Waals surface area contributed by atoms with Crippen molar-refractivity contribution in [3.63, 3.8) is 0 Å². The fourth-order valence-corrected chi connectivity index (χ4v) is 2.47. The molecule has 0 aromatic rings. The molecule has 0 heterocycles. The van der Waals surface area contributed by atoms with Gasteiger partial charge in [0.15, 0.2) is 0 Å². The summed E-state index contributed by atoms with van der Waals surface area (Å²) in [4.78, 5) is 4.80. The molecule has 1 atom stereocenters. The van der Waals surface area contributed by atoms with Gasteiger partial charge in [0.1, 0.15) is 0 Å². The Labute approximate surface area is 101 Å². The summed E-state index contributed by atoms with van der Waals surface area (Å²) >= 11 is 0. The maximum Gasteiger partial charge on any atom is 0.0330 e. The van der Waals surface area contributed by atoms with Crippen molar-refractivity contribution in [1.29, 1.82) is 0 Å². The van der Waals surface area contributed by atoms with Gasteiger partial charge in [0, 0.05) is 24.7 Å². The monoisotopic (exact) mass is 227 g/mol. The van der Waals surface area contributed by atoms with E-state index in [-0.39, 0.29) is 0 Å². The molecule has 1 fully saturated rings. The molecule has 0 spiro atoms. The first-order valence-corrected chi connectivity index (χ1v) is 6.49. The van der Waals surface area contributed by atoms with Crippen LogP contribution in [0, 0.1) is 5.92 Å². The van der Waals surface area contributed by atoms with Crippen LogP contribution in [0.2, 0.25) is 0 Å². The van der Waals surface area contributed by atoms with Gasteiger partial charge >= 0.3 is 0 Å². The van der Waals surface area contributed by atoms with E-state index in [2.05, 4.69) is 44.8 Å². The van der Waals surface area contributed by atoms with Crippen molar-refractivity contribution in [2.24, 2.45) is 11.7 Å². The van der Waals surface area contributed by atoms with Crippen molar-refractivity contribution in [2.45, 2.75) is 44.7 Å². The molecule has 1 unspecified atom stereocenters. The zero-order valence-electron chi connectivity index (χ0n) is 11.7. The third kappa shape index (κ3) is 3.19. The first kappa shape index (κ1) is 13.9. The standard InChI is InChI=1S/C13H29N3/c1-11(2)12(14)9-16(5)10-13(15(3)4)7-6-8-13/h11-12H,6-10,14H2,1-5H3. The van der Waals surface area contributed by atoms with Crippen molar-refractivity contribution < 1.29 is 0 Å². The highest BCUT2D eigenvalue weighted by atomic mass is 15.2. The average molecular weight is 227 g/mol. The number of hydrogen-bond donors (Lipinski definition) is 1. The molecule has 16 heavy (non-hydrogen) atoms. The third-order valence-corrected chi connectivity index (χ3v) is 4.18. The van der Waals surface area contributed by atoms with Gasteiger partial charge in [0.05, 0.1) is 0 Å². The molecule has 3 nitrogen and oxygen atoms in total. The smallest absolute Gasteiger partial charge is 0.0330 e. The zero-order valence-corrected chi connectivity index (χ0v) is 11.7. The van der Waals surface area contributed by atoms with Crippen molar-refractivity contribution in [3.05, 3.63) is 0 Å². The van der Waals surface area contributed by atoms with E-state index in [0.717, 1.165) is 13.1 Å². The van der Waals surface area contributed by atoms with Crippen molar-refractivity contribution >= 4 is 0 Å². The van der Waals surface area contributed by atoms with Crippen LogP contribution < -0.4 is 5.73 Å². The first-order valence-electron chi connectivity index (χ1n) is 6.49. The molecule has 0 radical (unpaired) electrons. The normalized spacial score (nSPS) is 21.6. The van der Waals surface area contributed by atoms with Crippen LogP contribution in [0.25, 0.3) is 0 Å². The summed E-state index contributed by atoms with van der Waals surface area (Å²) in [5.41, 5.74) is 6.54. The van der Waals surface area contributed by atoms with E-state index < -0.39 is 0 Å². The lowest BCUT2D eigenvalue weighted by Crippen LogP contribution is -2.57. The summed E-state index contributed by atoms with van der Waals surface area (Å²) in [6, 6.07) is 0.296. The molecule has 1 saturated carbocycles. The maximum absolute atomic E-state index is 6.12. The highest BCUT2D eigenvalue weighted by Crippen LogP contribution is 2.36. The Morgan fingerprint density at radius 2 is 1.75 bits per heavy atom. The van der Waals surface area contributed by atoms with Crippen LogP contribution in [0.4, 0.5) is 0 Å². The maximum atomic E-state index is 6.12. The third-order valence-electron chi connectivity index (χ3n) is 4.18. The van der Waals surface area contributed by atoms with Crippen LogP contribution in [0.5, 0.6) is 0 Å². The fraction of sp³-hybridized carbons (Fsp3) is 1.00. The van der Waals surface area contributed by atoms with E-state index in [1.165, 1.54) is 19.3 Å². The van der Waals surface area contributed by atoms with Gasteiger partial charge in [-0.3, -0.25) is 0 Å². The quantitative estimate of drug-likeness (QED) is 0.744. The first-order chi connectivity index (χ1) is 7.37. The molecular formula is C13H29N3. The molecule has 0 aliphatic heterocycles. The number of hydrogen-bond acceptors (Lipinski definition) is 3. The van der Waals surface area contributed by atoms with Crippen LogP contribution >= 0.6 is 0 Å². The minimum atomic E-state index is 0.296. The van der Waals surface area contributed by atoms with Gasteiger partial charge < -0.3 is 15.5 Å². The fourth-order valence-electron chi connectivity index (χ4n) is 2.47. The molecule has 1 aliphatic rings. The minimum Gasteiger partial charge on any atom is -0.326 e. The van der Waals surface area contributed by atoms with Crippen molar-refractivity contribution in [2.75, 3.05) is 34.2 Å². The SMILES string of the molecule is CC(C)C(N)CN(C)CC1(N(C)C)CCC1. The number of nitrogens with zero attached hydrogens (tertiary/aromatic N) is 2. The molecule has 1 aliphatic carbocycles. The zero-order chi connectivity index (χ0) is 12.3. The highest BCUT2D eigenvalue weighted by molar-refractivity contribution is 4.98. The van der Waals surface area contributed by atoms with Crippen LogP contribution in [0.15, 0.2) is 0 Å². The Hall–Kier alpha value is -0.120. The van der Waals surface area contributed by atoms with Crippen molar-refractivity contribution in [1.82, 2.24) is 9.80 Å². The molecule has 0 bridgehead atoms. The summed E-state index contributed by atoms with van der Waals surface area (Å²) in [7, 11) is 6.61. The van der Waals surface area contributed by atoms with Gasteiger partial charge in [-0.15, -0.1) is 0 Å². The predicted octanol–water partition coefficient (Wildman–Crippen LogP) is 1.39. The average Bonchev–Trinajstić information content (AvgIpc) is 2.10. The summed E-state index contributed by atoms with van der Waals surface area (Å²) in [5.74, 6) is 0.569. The number of nitrogens with two attached hydrogens (primary N) is 1. The van der Waals surface area contributed by atoms with E-state index in [0.29, 0.717) is 17.5 Å². The van der Waals surface area contributed by atoms with Crippen LogP contribution in [0.1, 0.15) is 33.1 Å². The lowest BCUT2D eigenvalue weighted by molar-refractivity contribution is 0.0255. The van der Waals surface area contributed by atoms with E-state index in [4.69, 9.17) is 5.73 Å². The minimum absolute atomic E-state index is 0.296. The van der Waals surface area contributed by atoms with Gasteiger partial charge in [-0.2, -0.15) is 0 Å². The number of likely N-dealkylation sites (N-methyl/N-ethyl adjacent to an activating group) is 2. The Bertz CT molecular complexity index is 209. The largest absolute Gasteiger partial charge is 0.326 e. The summed E-state index contributed by atoms with van der Waals surface area (Å²) < 4.78 is 0. The lowest BCUT2D eigenvalue weighted by atomic mass is 9.75. The van der Waals surface area contributed by atoms with Crippen molar-refractivity contribution in [3.8, 4) is 0 Å². The van der Waals surface area contributed by atoms with Gasteiger partial charge in [0.2, 0.25) is 0 Å². The molecule has 1 rings (SSSR count). The van der Waals surface area contributed by atoms with E-state index >= 15 is 0 Å². The van der Waals surface area contributed by atoms with Gasteiger partial charge in [-0.25, -0.2) is 0 Å². The topological polar surface area (TPSA) is 32.5 Å². The van der Waals surface area contributed by atoms with E-state index in [9.17, 15) is 0 Å². The second-order valence-electron chi connectivity index (χ2n) is 6.08. The lowest BCUT2D eigenvalue weighted by Gasteiger charge is -2.49. The van der Waals surface area contributed by atoms with Gasteiger partial charge in [-0.1, -0.05) is 13.8 Å². The van der Waals surface area contributed by atoms with E-state index in [1.807, 2.05) is 0 Å². The highest BCUT2D eigenvalue weighted by Gasteiger charge is 2.39. The molecule has 96 valence electrons. The molecule has 3 heteroatoms. The molecular weight excluding hydrogens is 198 g/mol.